The molecule has 4 rings (SSSR count). The molecule has 1 aromatic heterocycles. The standard InChI is InChI=1S/C22H24FN3O5S/c23-16-3-1-4-17(21(16)25-8-10-30-11-9-25)26-14-15(31-22(26)29)13-24-20(28)7-6-18(27)19-5-2-12-32-19/h1-5,12,15H,6-11,13-14H2,(H,24,28)/t15-/m0/s1. The smallest absolute Gasteiger partial charge is 0.414 e. The van der Waals surface area contributed by atoms with E-state index >= 15 is 0 Å². The first-order chi connectivity index (χ1) is 15.5. The van der Waals surface area contributed by atoms with Crippen molar-refractivity contribution in [1.82, 2.24) is 5.32 Å². The maximum absolute atomic E-state index is 14.7. The Morgan fingerprint density at radius 3 is 2.72 bits per heavy atom. The molecule has 1 aromatic carbocycles. The molecule has 3 heterocycles. The summed E-state index contributed by atoms with van der Waals surface area (Å²) < 4.78 is 25.4. The van der Waals surface area contributed by atoms with Gasteiger partial charge in [-0.1, -0.05) is 12.1 Å². The molecule has 0 unspecified atom stereocenters. The highest BCUT2D eigenvalue weighted by Crippen LogP contribution is 2.35. The summed E-state index contributed by atoms with van der Waals surface area (Å²) >= 11 is 1.35. The molecular formula is C22H24FN3O5S. The van der Waals surface area contributed by atoms with E-state index in [4.69, 9.17) is 9.47 Å². The van der Waals surface area contributed by atoms with Crippen molar-refractivity contribution in [2.24, 2.45) is 0 Å². The Morgan fingerprint density at radius 2 is 1.97 bits per heavy atom. The fourth-order valence-electron chi connectivity index (χ4n) is 3.75. The summed E-state index contributed by atoms with van der Waals surface area (Å²) in [5.41, 5.74) is 0.789. The lowest BCUT2D eigenvalue weighted by molar-refractivity contribution is -0.121. The number of Topliss-reactive ketones (excluding diaryl/α,β-unsaturated/α-hetero) is 1. The number of morpholine rings is 1. The molecule has 1 N–H and O–H groups in total. The predicted molar refractivity (Wildman–Crippen MR) is 118 cm³/mol. The van der Waals surface area contributed by atoms with Crippen LogP contribution in [-0.2, 0) is 14.3 Å². The van der Waals surface area contributed by atoms with Gasteiger partial charge in [-0.15, -0.1) is 11.3 Å². The summed E-state index contributed by atoms with van der Waals surface area (Å²) in [6.07, 6.45) is -0.973. The molecule has 32 heavy (non-hydrogen) atoms. The zero-order valence-corrected chi connectivity index (χ0v) is 18.2. The summed E-state index contributed by atoms with van der Waals surface area (Å²) in [5.74, 6) is -0.774. The van der Waals surface area contributed by atoms with Crippen LogP contribution in [0.3, 0.4) is 0 Å². The number of para-hydroxylation sites is 1. The number of halogens is 1. The molecule has 2 amide bonds. The number of nitrogens with one attached hydrogen (secondary N) is 1. The molecule has 2 saturated heterocycles. The van der Waals surface area contributed by atoms with Gasteiger partial charge in [0.15, 0.2) is 5.78 Å². The summed E-state index contributed by atoms with van der Waals surface area (Å²) in [4.78, 5) is 40.5. The molecule has 0 spiro atoms. The summed E-state index contributed by atoms with van der Waals surface area (Å²) in [7, 11) is 0. The van der Waals surface area contributed by atoms with Crippen molar-refractivity contribution in [2.75, 3.05) is 49.2 Å². The summed E-state index contributed by atoms with van der Waals surface area (Å²) in [6.45, 7) is 2.34. The lowest BCUT2D eigenvalue weighted by Crippen LogP contribution is -2.39. The van der Waals surface area contributed by atoms with Gasteiger partial charge < -0.3 is 19.7 Å². The quantitative estimate of drug-likeness (QED) is 0.609. The SMILES string of the molecule is O=C(CCC(=O)c1cccs1)NC[C@H]1CN(c2cccc(F)c2N2CCOCC2)C(=O)O1. The molecule has 0 radical (unpaired) electrons. The first-order valence-electron chi connectivity index (χ1n) is 10.5. The van der Waals surface area contributed by atoms with E-state index in [2.05, 4.69) is 5.32 Å². The van der Waals surface area contributed by atoms with Gasteiger partial charge in [-0.25, -0.2) is 9.18 Å². The van der Waals surface area contributed by atoms with E-state index in [0.717, 1.165) is 0 Å². The number of carbonyl (C=O) groups excluding carboxylic acids is 3. The molecule has 0 bridgehead atoms. The van der Waals surface area contributed by atoms with Crippen LogP contribution in [-0.4, -0.2) is 63.3 Å². The molecule has 2 aliphatic heterocycles. The Bertz CT molecular complexity index is 978. The number of carbonyl (C=O) groups is 3. The van der Waals surface area contributed by atoms with Crippen molar-refractivity contribution in [1.29, 1.82) is 0 Å². The van der Waals surface area contributed by atoms with Crippen LogP contribution in [0.1, 0.15) is 22.5 Å². The van der Waals surface area contributed by atoms with E-state index in [1.807, 2.05) is 10.3 Å². The van der Waals surface area contributed by atoms with E-state index < -0.39 is 18.0 Å². The van der Waals surface area contributed by atoms with Gasteiger partial charge in [-0.05, 0) is 23.6 Å². The Labute approximate surface area is 188 Å². The van der Waals surface area contributed by atoms with E-state index in [1.54, 1.807) is 24.3 Å². The summed E-state index contributed by atoms with van der Waals surface area (Å²) in [5, 5.41) is 4.53. The van der Waals surface area contributed by atoms with Gasteiger partial charge in [0.25, 0.3) is 0 Å². The second-order valence-electron chi connectivity index (χ2n) is 7.53. The lowest BCUT2D eigenvalue weighted by atomic mass is 10.2. The van der Waals surface area contributed by atoms with E-state index in [0.29, 0.717) is 42.6 Å². The third kappa shape index (κ3) is 5.08. The van der Waals surface area contributed by atoms with E-state index in [1.165, 1.54) is 22.3 Å². The lowest BCUT2D eigenvalue weighted by Gasteiger charge is -2.32. The van der Waals surface area contributed by atoms with Crippen molar-refractivity contribution in [3.8, 4) is 0 Å². The number of rotatable bonds is 8. The number of ether oxygens (including phenoxy) is 2. The van der Waals surface area contributed by atoms with Gasteiger partial charge in [0, 0.05) is 25.9 Å². The largest absolute Gasteiger partial charge is 0.442 e. The normalized spacial score (nSPS) is 18.5. The minimum absolute atomic E-state index is 0.0617. The first-order valence-corrected chi connectivity index (χ1v) is 11.3. The van der Waals surface area contributed by atoms with Crippen molar-refractivity contribution in [3.63, 3.8) is 0 Å². The van der Waals surface area contributed by atoms with E-state index in [9.17, 15) is 18.8 Å². The Hall–Kier alpha value is -2.98. The molecule has 8 nitrogen and oxygen atoms in total. The number of hydrogen-bond donors (Lipinski definition) is 1. The van der Waals surface area contributed by atoms with Crippen LogP contribution < -0.4 is 15.1 Å². The maximum Gasteiger partial charge on any atom is 0.414 e. The van der Waals surface area contributed by atoms with Crippen molar-refractivity contribution in [2.45, 2.75) is 18.9 Å². The highest BCUT2D eigenvalue weighted by atomic mass is 32.1. The third-order valence-electron chi connectivity index (χ3n) is 5.36. The van der Waals surface area contributed by atoms with Gasteiger partial charge >= 0.3 is 6.09 Å². The number of nitrogens with zero attached hydrogens (tertiary/aromatic N) is 2. The second kappa shape index (κ2) is 10.1. The van der Waals surface area contributed by atoms with Crippen LogP contribution >= 0.6 is 11.3 Å². The number of thiophene rings is 1. The number of amides is 2. The zero-order chi connectivity index (χ0) is 22.5. The first kappa shape index (κ1) is 22.2. The second-order valence-corrected chi connectivity index (χ2v) is 8.48. The fraction of sp³-hybridized carbons (Fsp3) is 0.409. The van der Waals surface area contributed by atoms with Gasteiger partial charge in [0.05, 0.1) is 42.6 Å². The van der Waals surface area contributed by atoms with Crippen LogP contribution in [0.4, 0.5) is 20.6 Å². The average molecular weight is 462 g/mol. The van der Waals surface area contributed by atoms with Crippen LogP contribution in [0, 0.1) is 5.82 Å². The molecule has 2 aliphatic rings. The minimum Gasteiger partial charge on any atom is -0.442 e. The number of ketones is 1. The molecule has 0 aliphatic carbocycles. The fourth-order valence-corrected chi connectivity index (χ4v) is 4.44. The van der Waals surface area contributed by atoms with Crippen LogP contribution in [0.15, 0.2) is 35.7 Å². The molecule has 2 aromatic rings. The zero-order valence-electron chi connectivity index (χ0n) is 17.4. The van der Waals surface area contributed by atoms with Gasteiger partial charge in [-0.2, -0.15) is 0 Å². The number of benzene rings is 1. The van der Waals surface area contributed by atoms with Gasteiger partial charge in [-0.3, -0.25) is 14.5 Å². The maximum atomic E-state index is 14.7. The molecular weight excluding hydrogens is 437 g/mol. The number of cyclic esters (lactones) is 1. The molecule has 170 valence electrons. The minimum atomic E-state index is -0.586. The molecule has 10 heteroatoms. The van der Waals surface area contributed by atoms with Gasteiger partial charge in [0.2, 0.25) is 5.91 Å². The van der Waals surface area contributed by atoms with Gasteiger partial charge in [0.1, 0.15) is 11.9 Å². The monoisotopic (exact) mass is 461 g/mol. The Kier molecular flexibility index (Phi) is 7.01. The van der Waals surface area contributed by atoms with Crippen molar-refractivity contribution in [3.05, 3.63) is 46.4 Å². The Morgan fingerprint density at radius 1 is 1.16 bits per heavy atom. The van der Waals surface area contributed by atoms with Crippen molar-refractivity contribution >= 4 is 40.5 Å². The number of hydrogen-bond acceptors (Lipinski definition) is 7. The summed E-state index contributed by atoms with van der Waals surface area (Å²) in [6, 6.07) is 8.13. The molecule has 2 fully saturated rings. The van der Waals surface area contributed by atoms with Crippen LogP contribution in [0.25, 0.3) is 0 Å². The van der Waals surface area contributed by atoms with Crippen LogP contribution in [0.5, 0.6) is 0 Å². The molecule has 0 saturated carbocycles. The number of anilines is 2. The molecule has 1 atom stereocenters. The highest BCUT2D eigenvalue weighted by Gasteiger charge is 2.35. The highest BCUT2D eigenvalue weighted by molar-refractivity contribution is 7.12. The third-order valence-corrected chi connectivity index (χ3v) is 6.27. The average Bonchev–Trinajstić information content (AvgIpc) is 3.46. The Balaban J connectivity index is 1.33. The predicted octanol–water partition coefficient (Wildman–Crippen LogP) is 2.83. The topological polar surface area (TPSA) is 88.2 Å². The van der Waals surface area contributed by atoms with E-state index in [-0.39, 0.29) is 37.6 Å². The van der Waals surface area contributed by atoms with Crippen molar-refractivity contribution < 1.29 is 28.2 Å². The van der Waals surface area contributed by atoms with Crippen LogP contribution in [0.2, 0.25) is 0 Å².